The maximum absolute atomic E-state index is 14.7. The van der Waals surface area contributed by atoms with Crippen molar-refractivity contribution in [3.8, 4) is 45.4 Å². The molecule has 10 nitrogen and oxygen atoms in total. The molecule has 0 radical (unpaired) electrons. The van der Waals surface area contributed by atoms with Crippen molar-refractivity contribution in [3.05, 3.63) is 60.8 Å². The first-order chi connectivity index (χ1) is 20.7. The predicted octanol–water partition coefficient (Wildman–Crippen LogP) is 4.82. The molecule has 216 valence electrons. The summed E-state index contributed by atoms with van der Waals surface area (Å²) in [6.45, 7) is 5.48. The number of halogens is 1. The molecule has 0 unspecified atom stereocenters. The molecule has 0 spiro atoms. The number of rotatable bonds is 9. The van der Waals surface area contributed by atoms with Crippen LogP contribution in [0.3, 0.4) is 0 Å². The monoisotopic (exact) mass is 568 g/mol. The summed E-state index contributed by atoms with van der Waals surface area (Å²) in [6, 6.07) is 10.5. The van der Waals surface area contributed by atoms with Gasteiger partial charge in [-0.15, -0.1) is 0 Å². The van der Waals surface area contributed by atoms with Gasteiger partial charge in [-0.2, -0.15) is 5.10 Å². The lowest BCUT2D eigenvalue weighted by Gasteiger charge is -2.23. The lowest BCUT2D eigenvalue weighted by molar-refractivity contribution is 0.162. The fourth-order valence-electron chi connectivity index (χ4n) is 5.69. The Morgan fingerprint density at radius 3 is 2.71 bits per heavy atom. The van der Waals surface area contributed by atoms with Crippen LogP contribution < -0.4 is 14.8 Å². The second kappa shape index (κ2) is 11.9. The topological polar surface area (TPSA) is 117 Å². The molecule has 2 aliphatic rings. The summed E-state index contributed by atoms with van der Waals surface area (Å²) in [5.74, 6) is 1.44. The number of piperidine rings is 1. The SMILES string of the molecule is Fc1cc(OCCN2CCCC2)cc(-c2ccnc3[nH]c(-c4cc(-c5cncc(OC6CCNCC6)c5)[nH]n4)nc23)c1. The fraction of sp³-hybridized carbons (Fsp3) is 0.355. The average molecular weight is 569 g/mol. The fourth-order valence-corrected chi connectivity index (χ4v) is 5.69. The molecule has 1 aromatic carbocycles. The number of benzene rings is 1. The van der Waals surface area contributed by atoms with Crippen LogP contribution in [0.1, 0.15) is 25.7 Å². The molecule has 2 saturated heterocycles. The van der Waals surface area contributed by atoms with E-state index < -0.39 is 0 Å². The number of H-pyrrole nitrogens is 2. The van der Waals surface area contributed by atoms with Crippen LogP contribution in [0.2, 0.25) is 0 Å². The molecule has 0 saturated carbocycles. The maximum Gasteiger partial charge on any atom is 0.160 e. The molecule has 0 amide bonds. The van der Waals surface area contributed by atoms with Gasteiger partial charge in [0.15, 0.2) is 11.5 Å². The van der Waals surface area contributed by atoms with Crippen molar-refractivity contribution >= 4 is 11.2 Å². The van der Waals surface area contributed by atoms with Crippen molar-refractivity contribution in [1.82, 2.24) is 40.3 Å². The van der Waals surface area contributed by atoms with Crippen LogP contribution in [0, 0.1) is 5.82 Å². The third-order valence-electron chi connectivity index (χ3n) is 7.88. The number of likely N-dealkylation sites (tertiary alicyclic amines) is 1. The number of ether oxygens (including phenoxy) is 2. The van der Waals surface area contributed by atoms with E-state index in [4.69, 9.17) is 14.5 Å². The van der Waals surface area contributed by atoms with Crippen LogP contribution in [-0.2, 0) is 0 Å². The highest BCUT2D eigenvalue weighted by atomic mass is 19.1. The van der Waals surface area contributed by atoms with Crippen LogP contribution in [0.15, 0.2) is 55.0 Å². The molecular weight excluding hydrogens is 535 g/mol. The summed E-state index contributed by atoms with van der Waals surface area (Å²) in [7, 11) is 0. The van der Waals surface area contributed by atoms with E-state index in [1.54, 1.807) is 18.6 Å². The zero-order valence-corrected chi connectivity index (χ0v) is 23.3. The van der Waals surface area contributed by atoms with Crippen LogP contribution in [0.4, 0.5) is 4.39 Å². The molecule has 0 atom stereocenters. The number of nitrogens with zero attached hydrogens (tertiary/aromatic N) is 5. The Kier molecular flexibility index (Phi) is 7.50. The van der Waals surface area contributed by atoms with Gasteiger partial charge in [0.25, 0.3) is 0 Å². The second-order valence-corrected chi connectivity index (χ2v) is 10.9. The number of fused-ring (bicyclic) bond motifs is 1. The number of nitrogens with one attached hydrogen (secondary N) is 3. The third kappa shape index (κ3) is 5.83. The molecule has 3 N–H and O–H groups in total. The van der Waals surface area contributed by atoms with Crippen LogP contribution in [0.5, 0.6) is 11.5 Å². The minimum atomic E-state index is -0.360. The van der Waals surface area contributed by atoms with Gasteiger partial charge in [-0.25, -0.2) is 14.4 Å². The largest absolute Gasteiger partial charge is 0.492 e. The predicted molar refractivity (Wildman–Crippen MR) is 158 cm³/mol. The molecule has 0 bridgehead atoms. The molecule has 5 aromatic rings. The zero-order valence-electron chi connectivity index (χ0n) is 23.3. The highest BCUT2D eigenvalue weighted by molar-refractivity contribution is 5.91. The Morgan fingerprint density at radius 1 is 0.976 bits per heavy atom. The van der Waals surface area contributed by atoms with E-state index >= 15 is 0 Å². The quantitative estimate of drug-likeness (QED) is 0.232. The number of imidazole rings is 1. The van der Waals surface area contributed by atoms with E-state index in [2.05, 4.69) is 35.4 Å². The molecular formula is C31H33FN8O2. The highest BCUT2D eigenvalue weighted by Crippen LogP contribution is 2.32. The maximum atomic E-state index is 14.7. The van der Waals surface area contributed by atoms with Crippen molar-refractivity contribution in [2.45, 2.75) is 31.8 Å². The second-order valence-electron chi connectivity index (χ2n) is 10.9. The van der Waals surface area contributed by atoms with Crippen molar-refractivity contribution in [2.75, 3.05) is 39.3 Å². The minimum absolute atomic E-state index is 0.188. The normalized spacial score (nSPS) is 16.3. The van der Waals surface area contributed by atoms with Crippen molar-refractivity contribution in [1.29, 1.82) is 0 Å². The lowest BCUT2D eigenvalue weighted by atomic mass is 10.1. The first kappa shape index (κ1) is 26.5. The van der Waals surface area contributed by atoms with Crippen LogP contribution in [-0.4, -0.2) is 80.5 Å². The summed E-state index contributed by atoms with van der Waals surface area (Å²) >= 11 is 0. The van der Waals surface area contributed by atoms with Gasteiger partial charge in [-0.1, -0.05) is 0 Å². The lowest BCUT2D eigenvalue weighted by Crippen LogP contribution is -2.34. The summed E-state index contributed by atoms with van der Waals surface area (Å²) in [5.41, 5.74) is 4.94. The molecule has 2 fully saturated rings. The number of aromatic nitrogens is 6. The minimum Gasteiger partial charge on any atom is -0.492 e. The zero-order chi connectivity index (χ0) is 28.3. The van der Waals surface area contributed by atoms with Gasteiger partial charge in [0.2, 0.25) is 0 Å². The molecule has 11 heteroatoms. The van der Waals surface area contributed by atoms with Crippen molar-refractivity contribution in [3.63, 3.8) is 0 Å². The first-order valence-electron chi connectivity index (χ1n) is 14.6. The Morgan fingerprint density at radius 2 is 1.83 bits per heavy atom. The van der Waals surface area contributed by atoms with E-state index in [0.717, 1.165) is 68.1 Å². The van der Waals surface area contributed by atoms with E-state index in [1.165, 1.54) is 25.0 Å². The summed E-state index contributed by atoms with van der Waals surface area (Å²) in [6.07, 6.45) is 9.80. The highest BCUT2D eigenvalue weighted by Gasteiger charge is 2.18. The molecule has 42 heavy (non-hydrogen) atoms. The Bertz CT molecular complexity index is 1670. The standard InChI is InChI=1S/C31H33FN8O2/c32-22-13-20(14-24(16-22)41-12-11-40-9-1-2-10-40)26-5-8-35-31-29(26)36-30(37-31)28-17-27(38-39-28)21-15-25(19-34-18-21)42-23-3-6-33-7-4-23/h5,8,13-19,23,33H,1-4,6-7,9-12H2,(H,38,39)(H,35,36,37). The molecule has 7 rings (SSSR count). The van der Waals surface area contributed by atoms with Gasteiger partial charge < -0.3 is 19.8 Å². The van der Waals surface area contributed by atoms with Crippen LogP contribution in [0.25, 0.3) is 45.1 Å². The Hall–Kier alpha value is -4.35. The van der Waals surface area contributed by atoms with Gasteiger partial charge in [0.1, 0.15) is 41.2 Å². The molecule has 6 heterocycles. The van der Waals surface area contributed by atoms with E-state index in [1.807, 2.05) is 24.3 Å². The summed E-state index contributed by atoms with van der Waals surface area (Å²) < 4.78 is 26.8. The smallest absolute Gasteiger partial charge is 0.160 e. The van der Waals surface area contributed by atoms with Gasteiger partial charge in [-0.05, 0) is 87.8 Å². The Balaban J connectivity index is 1.11. The summed E-state index contributed by atoms with van der Waals surface area (Å²) in [5, 5.41) is 10.9. The van der Waals surface area contributed by atoms with Crippen molar-refractivity contribution in [2.24, 2.45) is 0 Å². The van der Waals surface area contributed by atoms with Gasteiger partial charge >= 0.3 is 0 Å². The van der Waals surface area contributed by atoms with Crippen LogP contribution >= 0.6 is 0 Å². The molecule has 4 aromatic heterocycles. The molecule has 0 aliphatic carbocycles. The number of pyridine rings is 2. The summed E-state index contributed by atoms with van der Waals surface area (Å²) in [4.78, 5) is 19.3. The van der Waals surface area contributed by atoms with Gasteiger partial charge in [0, 0.05) is 36.1 Å². The van der Waals surface area contributed by atoms with Crippen molar-refractivity contribution < 1.29 is 13.9 Å². The van der Waals surface area contributed by atoms with E-state index in [0.29, 0.717) is 40.6 Å². The first-order valence-corrected chi connectivity index (χ1v) is 14.6. The van der Waals surface area contributed by atoms with Gasteiger partial charge in [0.05, 0.1) is 11.9 Å². The van der Waals surface area contributed by atoms with E-state index in [-0.39, 0.29) is 11.9 Å². The number of hydrogen-bond acceptors (Lipinski definition) is 8. The average Bonchev–Trinajstić information content (AvgIpc) is 3.79. The third-order valence-corrected chi connectivity index (χ3v) is 7.88. The van der Waals surface area contributed by atoms with Gasteiger partial charge in [-0.3, -0.25) is 15.0 Å². The van der Waals surface area contributed by atoms with E-state index in [9.17, 15) is 4.39 Å². The number of hydrogen-bond donors (Lipinski definition) is 3. The Labute approximate surface area is 242 Å². The molecule has 2 aliphatic heterocycles. The number of aromatic amines is 2.